The molecule has 0 aromatic carbocycles. The lowest BCUT2D eigenvalue weighted by molar-refractivity contribution is -0.105. The van der Waals surface area contributed by atoms with Crippen LogP contribution in [0.5, 0.6) is 0 Å². The lowest BCUT2D eigenvalue weighted by Crippen LogP contribution is -2.32. The molecule has 2 rings (SSSR count). The number of likely N-dealkylation sites (N-methyl/N-ethyl adjacent to an activating group) is 1. The molecule has 0 saturated carbocycles. The van der Waals surface area contributed by atoms with Crippen molar-refractivity contribution in [3.8, 4) is 0 Å². The summed E-state index contributed by atoms with van der Waals surface area (Å²) in [5.74, 6) is 0. The molecule has 1 aromatic heterocycles. The molecule has 0 spiro atoms. The van der Waals surface area contributed by atoms with E-state index in [0.717, 1.165) is 36.0 Å². The Balaban J connectivity index is 1.91. The van der Waals surface area contributed by atoms with E-state index >= 15 is 0 Å². The summed E-state index contributed by atoms with van der Waals surface area (Å²) in [6, 6.07) is 4.16. The lowest BCUT2D eigenvalue weighted by Gasteiger charge is -2.19. The van der Waals surface area contributed by atoms with Crippen molar-refractivity contribution in [1.29, 1.82) is 0 Å². The van der Waals surface area contributed by atoms with Gasteiger partial charge in [-0.3, -0.25) is 14.8 Å². The van der Waals surface area contributed by atoms with Gasteiger partial charge < -0.3 is 10.6 Å². The van der Waals surface area contributed by atoms with Crippen molar-refractivity contribution in [2.45, 2.75) is 52.6 Å². The van der Waals surface area contributed by atoms with Crippen molar-refractivity contribution in [1.82, 2.24) is 15.6 Å². The highest BCUT2D eigenvalue weighted by Crippen LogP contribution is 2.21. The molecular formula is C21H30N4O. The van der Waals surface area contributed by atoms with E-state index in [4.69, 9.17) is 0 Å². The molecule has 1 aromatic rings. The first kappa shape index (κ1) is 20.0. The maximum atomic E-state index is 11.2. The quantitative estimate of drug-likeness (QED) is 0.556. The summed E-state index contributed by atoms with van der Waals surface area (Å²) in [6.07, 6.45) is 11.6. The molecule has 0 radical (unpaired) electrons. The number of aromatic nitrogens is 1. The van der Waals surface area contributed by atoms with Gasteiger partial charge in [-0.05, 0) is 55.6 Å². The third kappa shape index (κ3) is 6.23. The molecular weight excluding hydrogens is 324 g/mol. The van der Waals surface area contributed by atoms with Crippen LogP contribution < -0.4 is 10.6 Å². The molecule has 1 aliphatic rings. The van der Waals surface area contributed by atoms with Gasteiger partial charge in [0.2, 0.25) is 0 Å². The minimum atomic E-state index is -0.0106. The van der Waals surface area contributed by atoms with Gasteiger partial charge >= 0.3 is 0 Å². The first-order chi connectivity index (χ1) is 12.4. The summed E-state index contributed by atoms with van der Waals surface area (Å²) >= 11 is 0. The van der Waals surface area contributed by atoms with Gasteiger partial charge in [-0.2, -0.15) is 0 Å². The third-order valence-electron chi connectivity index (χ3n) is 4.35. The fourth-order valence-corrected chi connectivity index (χ4v) is 2.84. The van der Waals surface area contributed by atoms with Crippen LogP contribution in [0.15, 0.2) is 46.9 Å². The minimum absolute atomic E-state index is 0.0106. The van der Waals surface area contributed by atoms with Crippen molar-refractivity contribution >= 4 is 12.5 Å². The second kappa shape index (κ2) is 9.43. The van der Waals surface area contributed by atoms with Gasteiger partial charge in [0.15, 0.2) is 6.29 Å². The van der Waals surface area contributed by atoms with Crippen LogP contribution in [0.4, 0.5) is 0 Å². The van der Waals surface area contributed by atoms with E-state index in [1.165, 1.54) is 6.42 Å². The predicted molar refractivity (Wildman–Crippen MR) is 107 cm³/mol. The van der Waals surface area contributed by atoms with Crippen molar-refractivity contribution in [2.75, 3.05) is 7.05 Å². The first-order valence-corrected chi connectivity index (χ1v) is 9.16. The standard InChI is InChI=1S/C21H30N4O/c1-21(2,3)10-5-6-17-8-7-16(13-25-17)12-23-14-18-19(22-4)9-11-24-20(18)15-26/h7-9,11,13-15,19,22,24H,5-6,10,12H2,1-4H3. The molecule has 5 nitrogen and oxygen atoms in total. The van der Waals surface area contributed by atoms with Crippen LogP contribution in [0.2, 0.25) is 0 Å². The number of carbonyl (C=O) groups is 1. The van der Waals surface area contributed by atoms with E-state index in [2.05, 4.69) is 53.5 Å². The maximum Gasteiger partial charge on any atom is 0.166 e. The largest absolute Gasteiger partial charge is 0.359 e. The number of nitrogens with zero attached hydrogens (tertiary/aromatic N) is 2. The van der Waals surface area contributed by atoms with Gasteiger partial charge in [0.1, 0.15) is 0 Å². The van der Waals surface area contributed by atoms with Crippen LogP contribution in [0.1, 0.15) is 44.9 Å². The summed E-state index contributed by atoms with van der Waals surface area (Å²) in [7, 11) is 1.86. The molecule has 0 aliphatic carbocycles. The molecule has 0 bridgehead atoms. The number of pyridine rings is 1. The summed E-state index contributed by atoms with van der Waals surface area (Å²) in [4.78, 5) is 20.2. The average molecular weight is 354 g/mol. The Kier molecular flexibility index (Phi) is 7.27. The van der Waals surface area contributed by atoms with Crippen molar-refractivity contribution < 1.29 is 4.79 Å². The molecule has 2 N–H and O–H groups in total. The molecule has 140 valence electrons. The number of aryl methyl sites for hydroxylation is 1. The molecule has 26 heavy (non-hydrogen) atoms. The number of nitrogens with one attached hydrogen (secondary N) is 2. The number of aldehydes is 1. The Morgan fingerprint density at radius 2 is 2.15 bits per heavy atom. The molecule has 0 saturated heterocycles. The normalized spacial score (nSPS) is 17.6. The van der Waals surface area contributed by atoms with Crippen LogP contribution in [-0.4, -0.2) is 30.6 Å². The zero-order chi connectivity index (χ0) is 19.0. The third-order valence-corrected chi connectivity index (χ3v) is 4.35. The van der Waals surface area contributed by atoms with Gasteiger partial charge in [0.05, 0.1) is 18.3 Å². The van der Waals surface area contributed by atoms with Gasteiger partial charge in [-0.1, -0.05) is 26.8 Å². The summed E-state index contributed by atoms with van der Waals surface area (Å²) in [5, 5.41) is 6.11. The number of allylic oxidation sites excluding steroid dienone is 1. The van der Waals surface area contributed by atoms with Crippen molar-refractivity contribution in [3.05, 3.63) is 53.1 Å². The van der Waals surface area contributed by atoms with E-state index in [-0.39, 0.29) is 6.04 Å². The Hall–Kier alpha value is -2.27. The number of dihydropyridines is 1. The van der Waals surface area contributed by atoms with E-state index in [9.17, 15) is 4.79 Å². The zero-order valence-electron chi connectivity index (χ0n) is 16.2. The number of hydrogen-bond donors (Lipinski definition) is 2. The monoisotopic (exact) mass is 354 g/mol. The molecule has 1 unspecified atom stereocenters. The molecule has 0 fully saturated rings. The fourth-order valence-electron chi connectivity index (χ4n) is 2.84. The number of hydrogen-bond acceptors (Lipinski definition) is 5. The minimum Gasteiger partial charge on any atom is -0.359 e. The zero-order valence-corrected chi connectivity index (χ0v) is 16.2. The Morgan fingerprint density at radius 1 is 1.35 bits per heavy atom. The molecule has 0 amide bonds. The lowest BCUT2D eigenvalue weighted by atomic mass is 9.89. The second-order valence-electron chi connectivity index (χ2n) is 7.80. The second-order valence-corrected chi connectivity index (χ2v) is 7.80. The molecule has 5 heteroatoms. The van der Waals surface area contributed by atoms with Gasteiger partial charge in [-0.15, -0.1) is 0 Å². The highest BCUT2D eigenvalue weighted by molar-refractivity contribution is 5.91. The fraction of sp³-hybridized carbons (Fsp3) is 0.476. The molecule has 1 atom stereocenters. The van der Waals surface area contributed by atoms with E-state index in [1.54, 1.807) is 12.4 Å². The number of rotatable bonds is 8. The Morgan fingerprint density at radius 3 is 2.77 bits per heavy atom. The smallest absolute Gasteiger partial charge is 0.166 e. The predicted octanol–water partition coefficient (Wildman–Crippen LogP) is 3.18. The maximum absolute atomic E-state index is 11.2. The average Bonchev–Trinajstić information content (AvgIpc) is 2.62. The van der Waals surface area contributed by atoms with Crippen molar-refractivity contribution in [2.24, 2.45) is 10.4 Å². The molecule has 1 aliphatic heterocycles. The Labute approximate surface area is 156 Å². The van der Waals surface area contributed by atoms with Crippen LogP contribution in [0, 0.1) is 5.41 Å². The number of aliphatic imine (C=N–C) groups is 1. The van der Waals surface area contributed by atoms with E-state index in [1.807, 2.05) is 19.3 Å². The van der Waals surface area contributed by atoms with Crippen LogP contribution >= 0.6 is 0 Å². The van der Waals surface area contributed by atoms with Crippen molar-refractivity contribution in [3.63, 3.8) is 0 Å². The summed E-state index contributed by atoms with van der Waals surface area (Å²) in [6.45, 7) is 7.35. The molecule has 2 heterocycles. The van der Waals surface area contributed by atoms with Gasteiger partial charge in [0.25, 0.3) is 0 Å². The summed E-state index contributed by atoms with van der Waals surface area (Å²) < 4.78 is 0. The van der Waals surface area contributed by atoms with Crippen LogP contribution in [-0.2, 0) is 17.8 Å². The SMILES string of the molecule is CNC1C=CNC(C=O)=C1C=NCc1ccc(CCCC(C)(C)C)nc1. The van der Waals surface area contributed by atoms with Gasteiger partial charge in [-0.25, -0.2) is 0 Å². The summed E-state index contributed by atoms with van der Waals surface area (Å²) in [5.41, 5.74) is 3.96. The van der Waals surface area contributed by atoms with E-state index in [0.29, 0.717) is 17.7 Å². The topological polar surface area (TPSA) is 66.4 Å². The van der Waals surface area contributed by atoms with Gasteiger partial charge in [0, 0.05) is 23.7 Å². The first-order valence-electron chi connectivity index (χ1n) is 9.16. The highest BCUT2D eigenvalue weighted by Gasteiger charge is 2.15. The van der Waals surface area contributed by atoms with Crippen LogP contribution in [0.25, 0.3) is 0 Å². The van der Waals surface area contributed by atoms with E-state index < -0.39 is 0 Å². The Bertz CT molecular complexity index is 681. The van der Waals surface area contributed by atoms with Crippen LogP contribution in [0.3, 0.4) is 0 Å². The highest BCUT2D eigenvalue weighted by atomic mass is 16.1. The number of carbonyl (C=O) groups excluding carboxylic acids is 1.